The number of rotatable bonds is 6. The molecule has 1 N–H and O–H groups in total. The van der Waals surface area contributed by atoms with Crippen molar-refractivity contribution in [1.82, 2.24) is 9.88 Å². The third-order valence-electron chi connectivity index (χ3n) is 3.45. The quantitative estimate of drug-likeness (QED) is 0.830. The first-order valence-corrected chi connectivity index (χ1v) is 7.20. The van der Waals surface area contributed by atoms with Crippen LogP contribution < -0.4 is 5.32 Å². The van der Waals surface area contributed by atoms with Crippen molar-refractivity contribution in [3.05, 3.63) is 47.8 Å². The van der Waals surface area contributed by atoms with Crippen molar-refractivity contribution in [2.24, 2.45) is 0 Å². The predicted molar refractivity (Wildman–Crippen MR) is 84.5 cm³/mol. The van der Waals surface area contributed by atoms with E-state index >= 15 is 0 Å². The third-order valence-corrected chi connectivity index (χ3v) is 3.45. The van der Waals surface area contributed by atoms with Gasteiger partial charge < -0.3 is 14.6 Å². The Hall–Kier alpha value is -2.07. The molecule has 0 aliphatic carbocycles. The van der Waals surface area contributed by atoms with Gasteiger partial charge in [0.15, 0.2) is 0 Å². The largest absolute Gasteiger partial charge is 0.383 e. The van der Waals surface area contributed by atoms with Crippen molar-refractivity contribution in [2.75, 3.05) is 20.3 Å². The first-order valence-electron chi connectivity index (χ1n) is 7.20. The zero-order valence-electron chi connectivity index (χ0n) is 12.8. The molecular formula is C17H22N2O2. The minimum atomic E-state index is -0.0627. The Morgan fingerprint density at radius 1 is 1.24 bits per heavy atom. The monoisotopic (exact) mass is 286 g/mol. The number of aryl methyl sites for hydroxylation is 2. The summed E-state index contributed by atoms with van der Waals surface area (Å²) in [5.41, 5.74) is 4.10. The maximum atomic E-state index is 12.2. The molecular weight excluding hydrogens is 264 g/mol. The molecule has 1 heterocycles. The number of carbonyl (C=O) groups excluding carboxylic acids is 1. The van der Waals surface area contributed by atoms with Crippen LogP contribution in [0.3, 0.4) is 0 Å². The highest BCUT2D eigenvalue weighted by Crippen LogP contribution is 2.22. The van der Waals surface area contributed by atoms with Crippen LogP contribution in [0.2, 0.25) is 0 Å². The number of nitrogens with zero attached hydrogens (tertiary/aromatic N) is 1. The molecule has 0 saturated carbocycles. The minimum Gasteiger partial charge on any atom is -0.383 e. The third kappa shape index (κ3) is 3.73. The SMILES string of the molecule is CCn1cc(-c2ccc(C)cc2)cc1C(=O)NCCOC. The predicted octanol–water partition coefficient (Wildman–Crippen LogP) is 2.86. The molecule has 2 rings (SSSR count). The van der Waals surface area contributed by atoms with Crippen LogP contribution >= 0.6 is 0 Å². The van der Waals surface area contributed by atoms with Gasteiger partial charge in [0.25, 0.3) is 5.91 Å². The number of hydrogen-bond donors (Lipinski definition) is 1. The van der Waals surface area contributed by atoms with Gasteiger partial charge >= 0.3 is 0 Å². The summed E-state index contributed by atoms with van der Waals surface area (Å²) in [5, 5.41) is 2.86. The summed E-state index contributed by atoms with van der Waals surface area (Å²) >= 11 is 0. The average Bonchev–Trinajstić information content (AvgIpc) is 2.92. The molecule has 0 atom stereocenters. The summed E-state index contributed by atoms with van der Waals surface area (Å²) in [6.45, 7) is 5.90. The molecule has 0 bridgehead atoms. The lowest BCUT2D eigenvalue weighted by Gasteiger charge is -2.06. The van der Waals surface area contributed by atoms with Crippen LogP contribution in [0.25, 0.3) is 11.1 Å². The van der Waals surface area contributed by atoms with Crippen molar-refractivity contribution in [2.45, 2.75) is 20.4 Å². The molecule has 2 aromatic rings. The maximum absolute atomic E-state index is 12.2. The summed E-state index contributed by atoms with van der Waals surface area (Å²) in [7, 11) is 1.62. The minimum absolute atomic E-state index is 0.0627. The van der Waals surface area contributed by atoms with E-state index < -0.39 is 0 Å². The standard InChI is InChI=1S/C17H22N2O2/c1-4-19-12-15(14-7-5-13(2)6-8-14)11-16(19)17(20)18-9-10-21-3/h5-8,11-12H,4,9-10H2,1-3H3,(H,18,20). The van der Waals surface area contributed by atoms with E-state index in [1.807, 2.05) is 23.8 Å². The van der Waals surface area contributed by atoms with Crippen LogP contribution in [0, 0.1) is 6.92 Å². The van der Waals surface area contributed by atoms with Crippen LogP contribution in [0.1, 0.15) is 23.0 Å². The highest BCUT2D eigenvalue weighted by Gasteiger charge is 2.13. The van der Waals surface area contributed by atoms with Crippen LogP contribution in [0.5, 0.6) is 0 Å². The number of aromatic nitrogens is 1. The lowest BCUT2D eigenvalue weighted by molar-refractivity contribution is 0.0928. The van der Waals surface area contributed by atoms with Gasteiger partial charge in [0.1, 0.15) is 5.69 Å². The molecule has 1 amide bonds. The summed E-state index contributed by atoms with van der Waals surface area (Å²) in [6, 6.07) is 10.3. The van der Waals surface area contributed by atoms with Gasteiger partial charge in [0, 0.05) is 32.0 Å². The zero-order chi connectivity index (χ0) is 15.2. The van der Waals surface area contributed by atoms with Crippen LogP contribution in [0.15, 0.2) is 36.5 Å². The molecule has 21 heavy (non-hydrogen) atoms. The highest BCUT2D eigenvalue weighted by atomic mass is 16.5. The Labute approximate surface area is 125 Å². The van der Waals surface area contributed by atoms with Crippen molar-refractivity contribution in [3.63, 3.8) is 0 Å². The second kappa shape index (κ2) is 7.09. The van der Waals surface area contributed by atoms with E-state index in [0.717, 1.165) is 17.7 Å². The fraction of sp³-hybridized carbons (Fsp3) is 0.353. The van der Waals surface area contributed by atoms with E-state index in [1.165, 1.54) is 5.56 Å². The van der Waals surface area contributed by atoms with E-state index in [1.54, 1.807) is 7.11 Å². The molecule has 4 heteroatoms. The molecule has 0 radical (unpaired) electrons. The van der Waals surface area contributed by atoms with Crippen LogP contribution in [0.4, 0.5) is 0 Å². The fourth-order valence-electron chi connectivity index (χ4n) is 2.22. The number of ether oxygens (including phenoxy) is 1. The van der Waals surface area contributed by atoms with Crippen LogP contribution in [-0.4, -0.2) is 30.7 Å². The summed E-state index contributed by atoms with van der Waals surface area (Å²) in [5.74, 6) is -0.0627. The number of hydrogen-bond acceptors (Lipinski definition) is 2. The molecule has 4 nitrogen and oxygen atoms in total. The Morgan fingerprint density at radius 3 is 2.57 bits per heavy atom. The lowest BCUT2D eigenvalue weighted by atomic mass is 10.1. The normalized spacial score (nSPS) is 10.6. The molecule has 1 aromatic heterocycles. The molecule has 0 saturated heterocycles. The van der Waals surface area contributed by atoms with Crippen molar-refractivity contribution in [3.8, 4) is 11.1 Å². The van der Waals surface area contributed by atoms with Gasteiger partial charge in [0.2, 0.25) is 0 Å². The molecule has 1 aromatic carbocycles. The van der Waals surface area contributed by atoms with Gasteiger partial charge in [-0.1, -0.05) is 29.8 Å². The van der Waals surface area contributed by atoms with E-state index in [4.69, 9.17) is 4.74 Å². The Morgan fingerprint density at radius 2 is 1.95 bits per heavy atom. The van der Waals surface area contributed by atoms with Gasteiger partial charge in [-0.05, 0) is 25.5 Å². The number of methoxy groups -OCH3 is 1. The number of benzene rings is 1. The topological polar surface area (TPSA) is 43.3 Å². The van der Waals surface area contributed by atoms with Crippen molar-refractivity contribution >= 4 is 5.91 Å². The average molecular weight is 286 g/mol. The van der Waals surface area contributed by atoms with Gasteiger partial charge in [0.05, 0.1) is 6.61 Å². The first-order chi connectivity index (χ1) is 10.2. The first kappa shape index (κ1) is 15.3. The van der Waals surface area contributed by atoms with Crippen molar-refractivity contribution in [1.29, 1.82) is 0 Å². The second-order valence-electron chi connectivity index (χ2n) is 5.01. The Bertz CT molecular complexity index is 600. The van der Waals surface area contributed by atoms with Crippen LogP contribution in [-0.2, 0) is 11.3 Å². The second-order valence-corrected chi connectivity index (χ2v) is 5.01. The van der Waals surface area contributed by atoms with E-state index in [2.05, 4.69) is 36.5 Å². The number of amides is 1. The summed E-state index contributed by atoms with van der Waals surface area (Å²) in [6.07, 6.45) is 2.02. The van der Waals surface area contributed by atoms with Gasteiger partial charge in [-0.2, -0.15) is 0 Å². The fourth-order valence-corrected chi connectivity index (χ4v) is 2.22. The smallest absolute Gasteiger partial charge is 0.268 e. The molecule has 0 spiro atoms. The van der Waals surface area contributed by atoms with Gasteiger partial charge in [-0.25, -0.2) is 0 Å². The molecule has 0 aliphatic rings. The van der Waals surface area contributed by atoms with E-state index in [-0.39, 0.29) is 5.91 Å². The molecule has 0 unspecified atom stereocenters. The number of carbonyl (C=O) groups is 1. The Kier molecular flexibility index (Phi) is 5.17. The lowest BCUT2D eigenvalue weighted by Crippen LogP contribution is -2.28. The molecule has 0 fully saturated rings. The summed E-state index contributed by atoms with van der Waals surface area (Å²) < 4.78 is 6.92. The highest BCUT2D eigenvalue weighted by molar-refractivity contribution is 5.94. The van der Waals surface area contributed by atoms with Crippen molar-refractivity contribution < 1.29 is 9.53 Å². The Balaban J connectivity index is 2.22. The molecule has 112 valence electrons. The van der Waals surface area contributed by atoms with Gasteiger partial charge in [-0.15, -0.1) is 0 Å². The van der Waals surface area contributed by atoms with E-state index in [9.17, 15) is 4.79 Å². The summed E-state index contributed by atoms with van der Waals surface area (Å²) in [4.78, 5) is 12.2. The maximum Gasteiger partial charge on any atom is 0.268 e. The molecule has 0 aliphatic heterocycles. The zero-order valence-corrected chi connectivity index (χ0v) is 12.8. The number of nitrogens with one attached hydrogen (secondary N) is 1. The van der Waals surface area contributed by atoms with E-state index in [0.29, 0.717) is 18.8 Å². The van der Waals surface area contributed by atoms with Gasteiger partial charge in [-0.3, -0.25) is 4.79 Å².